The maximum absolute atomic E-state index is 12.8. The van der Waals surface area contributed by atoms with Crippen LogP contribution in [0.5, 0.6) is 17.2 Å². The molecule has 4 rings (SSSR count). The largest absolute Gasteiger partial charge is 0.493 e. The number of methoxy groups -OCH3 is 1. The van der Waals surface area contributed by atoms with Gasteiger partial charge in [0.1, 0.15) is 30.6 Å². The molecule has 0 bridgehead atoms. The summed E-state index contributed by atoms with van der Waals surface area (Å²) in [5.41, 5.74) is 3.14. The quantitative estimate of drug-likeness (QED) is 0.177. The molecule has 4 aromatic carbocycles. The molecule has 7 heteroatoms. The van der Waals surface area contributed by atoms with Crippen molar-refractivity contribution in [1.82, 2.24) is 0 Å². The van der Waals surface area contributed by atoms with Gasteiger partial charge in [0, 0.05) is 10.7 Å². The first-order valence-electron chi connectivity index (χ1n) is 11.8. The topological polar surface area (TPSA) is 80.6 Å². The zero-order valence-electron chi connectivity index (χ0n) is 20.7. The molecule has 0 aliphatic heterocycles. The molecule has 0 saturated heterocycles. The summed E-state index contributed by atoms with van der Waals surface area (Å²) in [4.78, 5) is 12.8. The SMILES string of the molecule is COc1cc(/C=C(\C#N)C(=O)Nc2ccc(OCc3ccc(Cl)cc3)cc2)ccc1OCc1ccccc1. The van der Waals surface area contributed by atoms with Crippen molar-refractivity contribution < 1.29 is 19.0 Å². The Morgan fingerprint density at radius 1 is 0.868 bits per heavy atom. The van der Waals surface area contributed by atoms with Crippen molar-refractivity contribution in [1.29, 1.82) is 5.26 Å². The van der Waals surface area contributed by atoms with E-state index in [9.17, 15) is 10.1 Å². The Morgan fingerprint density at radius 3 is 2.24 bits per heavy atom. The Kier molecular flexibility index (Phi) is 9.01. The second-order valence-corrected chi connectivity index (χ2v) is 8.68. The van der Waals surface area contributed by atoms with E-state index in [2.05, 4.69) is 5.32 Å². The minimum Gasteiger partial charge on any atom is -0.493 e. The van der Waals surface area contributed by atoms with Crippen LogP contribution in [-0.2, 0) is 18.0 Å². The van der Waals surface area contributed by atoms with Crippen LogP contribution in [0.25, 0.3) is 6.08 Å². The highest BCUT2D eigenvalue weighted by Crippen LogP contribution is 2.30. The number of nitrogens with one attached hydrogen (secondary N) is 1. The highest BCUT2D eigenvalue weighted by molar-refractivity contribution is 6.30. The fraction of sp³-hybridized carbons (Fsp3) is 0.0968. The summed E-state index contributed by atoms with van der Waals surface area (Å²) in [6, 6.07) is 31.3. The van der Waals surface area contributed by atoms with Crippen molar-refractivity contribution in [2.75, 3.05) is 12.4 Å². The van der Waals surface area contributed by atoms with Crippen molar-refractivity contribution in [2.24, 2.45) is 0 Å². The molecule has 0 saturated carbocycles. The van der Waals surface area contributed by atoms with Crippen LogP contribution in [0.3, 0.4) is 0 Å². The van der Waals surface area contributed by atoms with Crippen LogP contribution >= 0.6 is 11.6 Å². The molecule has 0 radical (unpaired) electrons. The number of amides is 1. The Hall–Kier alpha value is -4.73. The average molecular weight is 525 g/mol. The molecule has 1 N–H and O–H groups in total. The van der Waals surface area contributed by atoms with E-state index in [-0.39, 0.29) is 5.57 Å². The molecule has 1 amide bonds. The van der Waals surface area contributed by atoms with E-state index < -0.39 is 5.91 Å². The van der Waals surface area contributed by atoms with Gasteiger partial charge in [-0.15, -0.1) is 0 Å². The lowest BCUT2D eigenvalue weighted by molar-refractivity contribution is -0.112. The number of carbonyl (C=O) groups is 1. The monoisotopic (exact) mass is 524 g/mol. The molecule has 0 atom stereocenters. The molecule has 190 valence electrons. The molecular weight excluding hydrogens is 500 g/mol. The zero-order valence-corrected chi connectivity index (χ0v) is 21.4. The minimum absolute atomic E-state index is 0.0481. The number of carbonyl (C=O) groups excluding carboxylic acids is 1. The van der Waals surface area contributed by atoms with Crippen LogP contribution in [0.1, 0.15) is 16.7 Å². The molecule has 0 heterocycles. The van der Waals surface area contributed by atoms with Gasteiger partial charge in [-0.1, -0.05) is 60.1 Å². The van der Waals surface area contributed by atoms with E-state index in [1.165, 1.54) is 6.08 Å². The zero-order chi connectivity index (χ0) is 26.7. The number of hydrogen-bond acceptors (Lipinski definition) is 5. The number of nitriles is 1. The summed E-state index contributed by atoms with van der Waals surface area (Å²) < 4.78 is 17.1. The lowest BCUT2D eigenvalue weighted by Crippen LogP contribution is -2.13. The van der Waals surface area contributed by atoms with Gasteiger partial charge in [-0.25, -0.2) is 0 Å². The molecule has 0 aliphatic carbocycles. The third kappa shape index (κ3) is 7.39. The van der Waals surface area contributed by atoms with E-state index in [1.807, 2.05) is 60.7 Å². The standard InChI is InChI=1S/C31H25ClN2O4/c1-36-30-18-24(9-16-29(30)38-21-22-5-3-2-4-6-22)17-25(19-33)31(35)34-27-12-14-28(15-13-27)37-20-23-7-10-26(32)11-8-23/h2-18H,20-21H2,1H3,(H,34,35)/b25-17+. The van der Waals surface area contributed by atoms with Crippen LogP contribution in [0.4, 0.5) is 5.69 Å². The van der Waals surface area contributed by atoms with Crippen LogP contribution in [0.2, 0.25) is 5.02 Å². The first-order valence-corrected chi connectivity index (χ1v) is 12.2. The van der Waals surface area contributed by atoms with E-state index in [1.54, 1.807) is 49.6 Å². The number of anilines is 1. The highest BCUT2D eigenvalue weighted by Gasteiger charge is 2.12. The number of hydrogen-bond donors (Lipinski definition) is 1. The molecule has 6 nitrogen and oxygen atoms in total. The van der Waals surface area contributed by atoms with Gasteiger partial charge >= 0.3 is 0 Å². The van der Waals surface area contributed by atoms with E-state index in [0.29, 0.717) is 46.7 Å². The van der Waals surface area contributed by atoms with Crippen LogP contribution < -0.4 is 19.5 Å². The summed E-state index contributed by atoms with van der Waals surface area (Å²) in [6.07, 6.45) is 1.50. The molecule has 38 heavy (non-hydrogen) atoms. The van der Waals surface area contributed by atoms with Crippen molar-refractivity contribution in [3.05, 3.63) is 124 Å². The maximum Gasteiger partial charge on any atom is 0.266 e. The van der Waals surface area contributed by atoms with E-state index in [4.69, 9.17) is 25.8 Å². The van der Waals surface area contributed by atoms with Crippen LogP contribution in [0, 0.1) is 11.3 Å². The summed E-state index contributed by atoms with van der Waals surface area (Å²) in [7, 11) is 1.54. The molecule has 4 aromatic rings. The number of rotatable bonds is 10. The lowest BCUT2D eigenvalue weighted by Gasteiger charge is -2.12. The van der Waals surface area contributed by atoms with Gasteiger partial charge < -0.3 is 19.5 Å². The highest BCUT2D eigenvalue weighted by atomic mass is 35.5. The molecule has 0 fully saturated rings. The summed E-state index contributed by atoms with van der Waals surface area (Å²) in [5.74, 6) is 1.19. The summed E-state index contributed by atoms with van der Waals surface area (Å²) in [6.45, 7) is 0.785. The normalized spacial score (nSPS) is 10.8. The van der Waals surface area contributed by atoms with Crippen molar-refractivity contribution >= 4 is 29.3 Å². The average Bonchev–Trinajstić information content (AvgIpc) is 2.96. The third-order valence-corrected chi connectivity index (χ3v) is 5.78. The predicted molar refractivity (Wildman–Crippen MR) is 148 cm³/mol. The smallest absolute Gasteiger partial charge is 0.266 e. The van der Waals surface area contributed by atoms with Gasteiger partial charge in [0.2, 0.25) is 0 Å². The third-order valence-electron chi connectivity index (χ3n) is 5.53. The van der Waals surface area contributed by atoms with Gasteiger partial charge in [0.25, 0.3) is 5.91 Å². The number of halogens is 1. The Morgan fingerprint density at radius 2 is 1.55 bits per heavy atom. The van der Waals surface area contributed by atoms with E-state index >= 15 is 0 Å². The Labute approximate surface area is 226 Å². The van der Waals surface area contributed by atoms with Gasteiger partial charge in [0.15, 0.2) is 11.5 Å². The molecule has 0 spiro atoms. The van der Waals surface area contributed by atoms with Crippen molar-refractivity contribution in [3.63, 3.8) is 0 Å². The molecular formula is C31H25ClN2O4. The molecule has 0 unspecified atom stereocenters. The lowest BCUT2D eigenvalue weighted by atomic mass is 10.1. The van der Waals surface area contributed by atoms with Gasteiger partial charge in [-0.05, 0) is 71.3 Å². The second-order valence-electron chi connectivity index (χ2n) is 8.25. The fourth-order valence-corrected chi connectivity index (χ4v) is 3.65. The van der Waals surface area contributed by atoms with E-state index in [0.717, 1.165) is 11.1 Å². The predicted octanol–water partition coefficient (Wildman–Crippen LogP) is 7.05. The number of ether oxygens (including phenoxy) is 3. The van der Waals surface area contributed by atoms with Crippen molar-refractivity contribution in [3.8, 4) is 23.3 Å². The van der Waals surface area contributed by atoms with Crippen LogP contribution in [-0.4, -0.2) is 13.0 Å². The molecule has 0 aromatic heterocycles. The fourth-order valence-electron chi connectivity index (χ4n) is 3.52. The summed E-state index contributed by atoms with van der Waals surface area (Å²) in [5, 5.41) is 13.0. The Bertz CT molecular complexity index is 1440. The Balaban J connectivity index is 1.37. The first kappa shape index (κ1) is 26.3. The van der Waals surface area contributed by atoms with Gasteiger partial charge in [0.05, 0.1) is 7.11 Å². The second kappa shape index (κ2) is 13.0. The van der Waals surface area contributed by atoms with Crippen molar-refractivity contribution in [2.45, 2.75) is 13.2 Å². The number of benzene rings is 4. The van der Waals surface area contributed by atoms with Gasteiger partial charge in [-0.3, -0.25) is 4.79 Å². The molecule has 0 aliphatic rings. The summed E-state index contributed by atoms with van der Waals surface area (Å²) >= 11 is 5.91. The first-order chi connectivity index (χ1) is 18.5. The maximum atomic E-state index is 12.8. The van der Waals surface area contributed by atoms with Gasteiger partial charge in [-0.2, -0.15) is 5.26 Å². The number of nitrogens with zero attached hydrogens (tertiary/aromatic N) is 1. The van der Waals surface area contributed by atoms with Crippen LogP contribution in [0.15, 0.2) is 103 Å². The minimum atomic E-state index is -0.522.